The Kier molecular flexibility index (Phi) is 3.42. The van der Waals surface area contributed by atoms with Gasteiger partial charge in [-0.1, -0.05) is 13.0 Å². The van der Waals surface area contributed by atoms with Crippen molar-refractivity contribution in [2.24, 2.45) is 0 Å². The summed E-state index contributed by atoms with van der Waals surface area (Å²) in [6, 6.07) is 4.50. The van der Waals surface area contributed by atoms with Gasteiger partial charge in [0.05, 0.1) is 0 Å². The number of nitrogens with two attached hydrogens (primary N) is 1. The standard InChI is InChI=1S/C13H16FN3/c1-2-6-17-7-5-16-13(17)8-10-3-4-11(14)9-12(10)15/h3-5,7,9H,2,6,8,15H2,1H3. The molecule has 2 N–H and O–H groups in total. The van der Waals surface area contributed by atoms with Gasteiger partial charge in [0.2, 0.25) is 0 Å². The van der Waals surface area contributed by atoms with Gasteiger partial charge in [-0.2, -0.15) is 0 Å². The van der Waals surface area contributed by atoms with Crippen LogP contribution in [0.4, 0.5) is 10.1 Å². The molecule has 3 nitrogen and oxygen atoms in total. The number of aryl methyl sites for hydroxylation is 1. The molecule has 0 spiro atoms. The highest BCUT2D eigenvalue weighted by molar-refractivity contribution is 5.48. The van der Waals surface area contributed by atoms with Gasteiger partial charge in [-0.05, 0) is 24.1 Å². The third kappa shape index (κ3) is 2.64. The summed E-state index contributed by atoms with van der Waals surface area (Å²) in [5.41, 5.74) is 7.18. The third-order valence-electron chi connectivity index (χ3n) is 2.72. The molecule has 1 aromatic heterocycles. The van der Waals surface area contributed by atoms with Crippen LogP contribution in [0.15, 0.2) is 30.6 Å². The Hall–Kier alpha value is -1.84. The fourth-order valence-electron chi connectivity index (χ4n) is 1.85. The van der Waals surface area contributed by atoms with Gasteiger partial charge in [-0.3, -0.25) is 0 Å². The first-order chi connectivity index (χ1) is 8.20. The Labute approximate surface area is 100 Å². The summed E-state index contributed by atoms with van der Waals surface area (Å²) in [4.78, 5) is 4.31. The van der Waals surface area contributed by atoms with Crippen molar-refractivity contribution in [3.63, 3.8) is 0 Å². The second-order valence-electron chi connectivity index (χ2n) is 4.06. The topological polar surface area (TPSA) is 43.8 Å². The predicted molar refractivity (Wildman–Crippen MR) is 66.1 cm³/mol. The van der Waals surface area contributed by atoms with Gasteiger partial charge >= 0.3 is 0 Å². The minimum Gasteiger partial charge on any atom is -0.398 e. The van der Waals surface area contributed by atoms with Crippen molar-refractivity contribution in [1.82, 2.24) is 9.55 Å². The summed E-state index contributed by atoms with van der Waals surface area (Å²) in [6.07, 6.45) is 5.44. The third-order valence-corrected chi connectivity index (χ3v) is 2.72. The maximum Gasteiger partial charge on any atom is 0.125 e. The van der Waals surface area contributed by atoms with Gasteiger partial charge in [0.1, 0.15) is 11.6 Å². The van der Waals surface area contributed by atoms with Crippen molar-refractivity contribution in [2.45, 2.75) is 26.3 Å². The lowest BCUT2D eigenvalue weighted by Gasteiger charge is -2.08. The number of halogens is 1. The summed E-state index contributed by atoms with van der Waals surface area (Å²) in [7, 11) is 0. The van der Waals surface area contributed by atoms with E-state index in [0.717, 1.165) is 24.4 Å². The fraction of sp³-hybridized carbons (Fsp3) is 0.308. The Morgan fingerprint density at radius 1 is 1.41 bits per heavy atom. The number of hydrogen-bond acceptors (Lipinski definition) is 2. The Bertz CT molecular complexity index is 505. The molecular weight excluding hydrogens is 217 g/mol. The summed E-state index contributed by atoms with van der Waals surface area (Å²) >= 11 is 0. The summed E-state index contributed by atoms with van der Waals surface area (Å²) in [5, 5.41) is 0. The molecular formula is C13H16FN3. The van der Waals surface area contributed by atoms with E-state index in [-0.39, 0.29) is 5.82 Å². The molecule has 2 aromatic rings. The van der Waals surface area contributed by atoms with Crippen LogP contribution in [-0.4, -0.2) is 9.55 Å². The first-order valence-corrected chi connectivity index (χ1v) is 5.74. The molecule has 0 aliphatic carbocycles. The SMILES string of the molecule is CCCn1ccnc1Cc1ccc(F)cc1N. The van der Waals surface area contributed by atoms with E-state index in [4.69, 9.17) is 5.73 Å². The average molecular weight is 233 g/mol. The second kappa shape index (κ2) is 4.99. The van der Waals surface area contributed by atoms with Gasteiger partial charge in [-0.25, -0.2) is 9.37 Å². The van der Waals surface area contributed by atoms with Crippen LogP contribution >= 0.6 is 0 Å². The zero-order valence-corrected chi connectivity index (χ0v) is 9.86. The van der Waals surface area contributed by atoms with Crippen molar-refractivity contribution >= 4 is 5.69 Å². The van der Waals surface area contributed by atoms with E-state index in [1.807, 2.05) is 6.20 Å². The van der Waals surface area contributed by atoms with Crippen molar-refractivity contribution in [2.75, 3.05) is 5.73 Å². The van der Waals surface area contributed by atoms with Crippen LogP contribution in [0, 0.1) is 5.82 Å². The van der Waals surface area contributed by atoms with E-state index in [2.05, 4.69) is 16.5 Å². The number of nitrogens with zero attached hydrogens (tertiary/aromatic N) is 2. The molecule has 2 rings (SSSR count). The highest BCUT2D eigenvalue weighted by Crippen LogP contribution is 2.17. The molecule has 0 fully saturated rings. The largest absolute Gasteiger partial charge is 0.398 e. The fourth-order valence-corrected chi connectivity index (χ4v) is 1.85. The monoisotopic (exact) mass is 233 g/mol. The minimum absolute atomic E-state index is 0.303. The van der Waals surface area contributed by atoms with Gasteiger partial charge in [0.25, 0.3) is 0 Å². The second-order valence-corrected chi connectivity index (χ2v) is 4.06. The lowest BCUT2D eigenvalue weighted by Crippen LogP contribution is -2.05. The molecule has 1 aromatic carbocycles. The quantitative estimate of drug-likeness (QED) is 0.825. The predicted octanol–water partition coefficient (Wildman–Crippen LogP) is 2.61. The van der Waals surface area contributed by atoms with Gasteiger partial charge in [-0.15, -0.1) is 0 Å². The smallest absolute Gasteiger partial charge is 0.125 e. The molecule has 4 heteroatoms. The van der Waals surface area contributed by atoms with E-state index in [0.29, 0.717) is 12.1 Å². The van der Waals surface area contributed by atoms with Gasteiger partial charge in [0, 0.05) is 31.0 Å². The molecule has 1 heterocycles. The molecule has 0 saturated carbocycles. The maximum absolute atomic E-state index is 12.9. The first-order valence-electron chi connectivity index (χ1n) is 5.74. The van der Waals surface area contributed by atoms with Gasteiger partial charge < -0.3 is 10.3 Å². The molecule has 0 atom stereocenters. The van der Waals surface area contributed by atoms with Crippen molar-refractivity contribution in [1.29, 1.82) is 0 Å². The van der Waals surface area contributed by atoms with E-state index >= 15 is 0 Å². The van der Waals surface area contributed by atoms with E-state index in [1.165, 1.54) is 12.1 Å². The van der Waals surface area contributed by atoms with Crippen LogP contribution in [0.3, 0.4) is 0 Å². The normalized spacial score (nSPS) is 10.7. The minimum atomic E-state index is -0.303. The van der Waals surface area contributed by atoms with Crippen molar-refractivity contribution in [3.8, 4) is 0 Å². The van der Waals surface area contributed by atoms with E-state index < -0.39 is 0 Å². The first kappa shape index (κ1) is 11.6. The van der Waals surface area contributed by atoms with Crippen LogP contribution < -0.4 is 5.73 Å². The van der Waals surface area contributed by atoms with Crippen LogP contribution in [0.2, 0.25) is 0 Å². The molecule has 0 bridgehead atoms. The molecule has 0 aliphatic heterocycles. The van der Waals surface area contributed by atoms with E-state index in [9.17, 15) is 4.39 Å². The van der Waals surface area contributed by atoms with Crippen LogP contribution in [0.5, 0.6) is 0 Å². The Morgan fingerprint density at radius 2 is 2.24 bits per heavy atom. The molecule has 0 aliphatic rings. The molecule has 0 radical (unpaired) electrons. The van der Waals surface area contributed by atoms with Crippen LogP contribution in [0.1, 0.15) is 24.7 Å². The lowest BCUT2D eigenvalue weighted by molar-refractivity contribution is 0.626. The summed E-state index contributed by atoms with van der Waals surface area (Å²) in [5.74, 6) is 0.660. The molecule has 90 valence electrons. The summed E-state index contributed by atoms with van der Waals surface area (Å²) < 4.78 is 15.0. The van der Waals surface area contributed by atoms with Crippen LogP contribution in [0.25, 0.3) is 0 Å². The van der Waals surface area contributed by atoms with E-state index in [1.54, 1.807) is 12.3 Å². The highest BCUT2D eigenvalue weighted by Gasteiger charge is 2.06. The highest BCUT2D eigenvalue weighted by atomic mass is 19.1. The number of anilines is 1. The number of imidazole rings is 1. The Morgan fingerprint density at radius 3 is 2.94 bits per heavy atom. The van der Waals surface area contributed by atoms with Crippen molar-refractivity contribution < 1.29 is 4.39 Å². The Balaban J connectivity index is 2.22. The zero-order valence-electron chi connectivity index (χ0n) is 9.86. The zero-order chi connectivity index (χ0) is 12.3. The number of aromatic nitrogens is 2. The molecule has 17 heavy (non-hydrogen) atoms. The maximum atomic E-state index is 12.9. The number of hydrogen-bond donors (Lipinski definition) is 1. The molecule has 0 saturated heterocycles. The molecule has 0 amide bonds. The number of benzene rings is 1. The molecule has 0 unspecified atom stereocenters. The van der Waals surface area contributed by atoms with Crippen LogP contribution in [-0.2, 0) is 13.0 Å². The lowest BCUT2D eigenvalue weighted by atomic mass is 10.1. The van der Waals surface area contributed by atoms with Crippen molar-refractivity contribution in [3.05, 3.63) is 47.8 Å². The number of rotatable bonds is 4. The average Bonchev–Trinajstić information content (AvgIpc) is 2.71. The van der Waals surface area contributed by atoms with Gasteiger partial charge in [0.15, 0.2) is 0 Å². The number of nitrogen functional groups attached to an aromatic ring is 1. The summed E-state index contributed by atoms with van der Waals surface area (Å²) in [6.45, 7) is 3.06.